The topological polar surface area (TPSA) is 52.3 Å². The van der Waals surface area contributed by atoms with Crippen LogP contribution in [0.1, 0.15) is 0 Å². The lowest BCUT2D eigenvalue weighted by Crippen LogP contribution is -2.15. The van der Waals surface area contributed by atoms with E-state index in [4.69, 9.17) is 5.73 Å². The van der Waals surface area contributed by atoms with E-state index in [1.54, 1.807) is 30.5 Å². The lowest BCUT2D eigenvalue weighted by Gasteiger charge is -1.96. The summed E-state index contributed by atoms with van der Waals surface area (Å²) in [5.74, 6) is 0.468. The molecule has 3 nitrogen and oxygen atoms in total. The van der Waals surface area contributed by atoms with Crippen molar-refractivity contribution in [1.29, 1.82) is 0 Å². The molecule has 66 valence electrons. The molecule has 0 radical (unpaired) electrons. The minimum absolute atomic E-state index is 0.468. The van der Waals surface area contributed by atoms with Crippen molar-refractivity contribution in [3.05, 3.63) is 30.3 Å². The number of carbonyl (C=O) groups excluding carboxylic acids is 1. The highest BCUT2D eigenvalue weighted by Gasteiger charge is 1.93. The molecule has 0 atom stereocenters. The summed E-state index contributed by atoms with van der Waals surface area (Å²) in [5, 5.41) is 0. The number of para-hydroxylation sites is 1. The number of hydrogen-bond donors (Lipinski definition) is 2. The van der Waals surface area contributed by atoms with Gasteiger partial charge in [0.25, 0.3) is 0 Å². The monoisotopic (exact) mass is 185 g/mol. The van der Waals surface area contributed by atoms with E-state index in [9.17, 15) is 4.79 Å². The van der Waals surface area contributed by atoms with E-state index in [0.717, 1.165) is 0 Å². The molecule has 0 aliphatic rings. The minimum Gasteiger partial charge on any atom is -0.411 e. The van der Waals surface area contributed by atoms with E-state index >= 15 is 0 Å². The first kappa shape index (κ1) is 10.8. The van der Waals surface area contributed by atoms with Crippen LogP contribution in [-0.2, 0) is 0 Å². The Morgan fingerprint density at radius 2 is 1.83 bits per heavy atom. The molecule has 4 heteroatoms. The molecule has 0 heterocycles. The molecule has 12 heavy (non-hydrogen) atoms. The summed E-state index contributed by atoms with van der Waals surface area (Å²) < 4.78 is 4.55. The third kappa shape index (κ3) is 4.62. The van der Waals surface area contributed by atoms with E-state index < -0.39 is 6.09 Å². The first-order chi connectivity index (χ1) is 5.79. The molecule has 0 spiro atoms. The van der Waals surface area contributed by atoms with Crippen LogP contribution in [0.25, 0.3) is 0 Å². The fourth-order valence-corrected chi connectivity index (χ4v) is 0.605. The summed E-state index contributed by atoms with van der Waals surface area (Å²) >= 11 is 3.53. The van der Waals surface area contributed by atoms with Crippen LogP contribution in [0, 0.1) is 0 Å². The summed E-state index contributed by atoms with van der Waals surface area (Å²) in [5.41, 5.74) is 4.76. The summed E-state index contributed by atoms with van der Waals surface area (Å²) in [4.78, 5) is 10.2. The zero-order chi connectivity index (χ0) is 9.40. The van der Waals surface area contributed by atoms with Gasteiger partial charge < -0.3 is 10.5 Å². The van der Waals surface area contributed by atoms with E-state index in [-0.39, 0.29) is 0 Å². The van der Waals surface area contributed by atoms with Crippen LogP contribution in [0.15, 0.2) is 30.3 Å². The fourth-order valence-electron chi connectivity index (χ4n) is 0.605. The summed E-state index contributed by atoms with van der Waals surface area (Å²) in [6.07, 6.45) is 0.909. The van der Waals surface area contributed by atoms with Gasteiger partial charge in [-0.15, -0.1) is 0 Å². The Bertz CT molecular complexity index is 226. The maximum Gasteiger partial charge on any atom is 0.409 e. The maximum atomic E-state index is 10.2. The SMILES string of the molecule is CS.NC(=O)Oc1ccccc1. The number of carbonyl (C=O) groups is 1. The molecule has 2 N–H and O–H groups in total. The first-order valence-corrected chi connectivity index (χ1v) is 4.15. The number of benzene rings is 1. The van der Waals surface area contributed by atoms with Crippen LogP contribution in [0.5, 0.6) is 5.75 Å². The van der Waals surface area contributed by atoms with Crippen molar-refractivity contribution in [1.82, 2.24) is 0 Å². The second kappa shape index (κ2) is 6.54. The molecule has 0 aliphatic carbocycles. The molecule has 1 rings (SSSR count). The van der Waals surface area contributed by atoms with Gasteiger partial charge >= 0.3 is 6.09 Å². The standard InChI is InChI=1S/C7H7NO2.CH4S/c8-7(9)10-6-4-2-1-3-5-6;1-2/h1-5H,(H2,8,9);2H,1H3. The van der Waals surface area contributed by atoms with Crippen molar-refractivity contribution in [2.45, 2.75) is 0 Å². The van der Waals surface area contributed by atoms with Gasteiger partial charge in [-0.3, -0.25) is 0 Å². The van der Waals surface area contributed by atoms with Crippen molar-refractivity contribution in [3.63, 3.8) is 0 Å². The van der Waals surface area contributed by atoms with Gasteiger partial charge in [0.15, 0.2) is 0 Å². The number of thiol groups is 1. The molecule has 0 saturated heterocycles. The van der Waals surface area contributed by atoms with Crippen molar-refractivity contribution < 1.29 is 9.53 Å². The van der Waals surface area contributed by atoms with Crippen LogP contribution in [0.2, 0.25) is 0 Å². The minimum atomic E-state index is -0.786. The third-order valence-electron chi connectivity index (χ3n) is 0.962. The van der Waals surface area contributed by atoms with Crippen LogP contribution in [0.3, 0.4) is 0 Å². The van der Waals surface area contributed by atoms with E-state index in [1.807, 2.05) is 6.07 Å². The Morgan fingerprint density at radius 1 is 1.33 bits per heavy atom. The predicted octanol–water partition coefficient (Wildman–Crippen LogP) is 1.69. The average molecular weight is 185 g/mol. The Labute approximate surface area is 76.9 Å². The van der Waals surface area contributed by atoms with Gasteiger partial charge in [-0.25, -0.2) is 4.79 Å². The van der Waals surface area contributed by atoms with Crippen molar-refractivity contribution in [2.75, 3.05) is 6.26 Å². The van der Waals surface area contributed by atoms with Crippen LogP contribution in [0.4, 0.5) is 4.79 Å². The van der Waals surface area contributed by atoms with E-state index in [2.05, 4.69) is 17.4 Å². The molecule has 0 aromatic heterocycles. The second-order valence-corrected chi connectivity index (χ2v) is 1.73. The van der Waals surface area contributed by atoms with Crippen molar-refractivity contribution in [2.24, 2.45) is 5.73 Å². The Morgan fingerprint density at radius 3 is 2.25 bits per heavy atom. The molecular formula is C8H11NO2S. The molecule has 1 aromatic rings. The highest BCUT2D eigenvalue weighted by atomic mass is 32.1. The largest absolute Gasteiger partial charge is 0.411 e. The van der Waals surface area contributed by atoms with Crippen molar-refractivity contribution >= 4 is 18.7 Å². The molecule has 0 aliphatic heterocycles. The zero-order valence-corrected chi connectivity index (χ0v) is 7.62. The van der Waals surface area contributed by atoms with Crippen LogP contribution in [-0.4, -0.2) is 12.3 Å². The lowest BCUT2D eigenvalue weighted by atomic mass is 10.3. The summed E-state index contributed by atoms with van der Waals surface area (Å²) in [6, 6.07) is 8.67. The van der Waals surface area contributed by atoms with Gasteiger partial charge in [0.05, 0.1) is 0 Å². The third-order valence-corrected chi connectivity index (χ3v) is 0.962. The molecule has 0 bridgehead atoms. The Balaban J connectivity index is 0.000000561. The first-order valence-electron chi connectivity index (χ1n) is 3.26. The summed E-state index contributed by atoms with van der Waals surface area (Å²) in [7, 11) is 0. The van der Waals surface area contributed by atoms with Gasteiger partial charge in [0.2, 0.25) is 0 Å². The maximum absolute atomic E-state index is 10.2. The van der Waals surface area contributed by atoms with E-state index in [1.165, 1.54) is 0 Å². The Kier molecular flexibility index (Phi) is 5.91. The number of nitrogens with two attached hydrogens (primary N) is 1. The number of primary amides is 1. The Hall–Kier alpha value is -1.16. The molecular weight excluding hydrogens is 174 g/mol. The highest BCUT2D eigenvalue weighted by molar-refractivity contribution is 7.79. The van der Waals surface area contributed by atoms with Gasteiger partial charge in [-0.2, -0.15) is 12.6 Å². The van der Waals surface area contributed by atoms with Crippen LogP contribution < -0.4 is 10.5 Å². The van der Waals surface area contributed by atoms with Gasteiger partial charge in [0.1, 0.15) is 5.75 Å². The number of ether oxygens (including phenoxy) is 1. The van der Waals surface area contributed by atoms with Gasteiger partial charge in [-0.1, -0.05) is 18.2 Å². The zero-order valence-electron chi connectivity index (χ0n) is 6.73. The summed E-state index contributed by atoms with van der Waals surface area (Å²) in [6.45, 7) is 0. The average Bonchev–Trinajstić information content (AvgIpc) is 2.08. The van der Waals surface area contributed by atoms with Gasteiger partial charge in [0, 0.05) is 0 Å². The quantitative estimate of drug-likeness (QED) is 0.654. The second-order valence-electron chi connectivity index (χ2n) is 1.73. The molecule has 0 saturated carbocycles. The van der Waals surface area contributed by atoms with E-state index in [0.29, 0.717) is 5.75 Å². The fraction of sp³-hybridized carbons (Fsp3) is 0.125. The van der Waals surface area contributed by atoms with Crippen LogP contribution >= 0.6 is 12.6 Å². The van der Waals surface area contributed by atoms with Crippen molar-refractivity contribution in [3.8, 4) is 5.75 Å². The highest BCUT2D eigenvalue weighted by Crippen LogP contribution is 2.07. The molecule has 1 amide bonds. The number of rotatable bonds is 1. The molecule has 0 fully saturated rings. The predicted molar refractivity (Wildman–Crippen MR) is 51.6 cm³/mol. The molecule has 0 unspecified atom stereocenters. The number of hydrogen-bond acceptors (Lipinski definition) is 3. The smallest absolute Gasteiger partial charge is 0.409 e. The lowest BCUT2D eigenvalue weighted by molar-refractivity contribution is 0.211. The molecule has 1 aromatic carbocycles. The van der Waals surface area contributed by atoms with Gasteiger partial charge in [-0.05, 0) is 18.4 Å². The number of amides is 1. The normalized spacial score (nSPS) is 7.83.